The molecule has 1 aromatic rings. The third kappa shape index (κ3) is 5.57. The van der Waals surface area contributed by atoms with Crippen molar-refractivity contribution in [2.24, 2.45) is 4.99 Å². The van der Waals surface area contributed by atoms with E-state index in [2.05, 4.69) is 10.3 Å². The van der Waals surface area contributed by atoms with Crippen LogP contribution in [0.1, 0.15) is 6.92 Å². The number of alkyl halides is 3. The Kier molecular flexibility index (Phi) is 7.27. The molecule has 1 aliphatic heterocycles. The van der Waals surface area contributed by atoms with Crippen LogP contribution in [0.25, 0.3) is 0 Å². The van der Waals surface area contributed by atoms with Crippen molar-refractivity contribution in [1.29, 1.82) is 0 Å². The van der Waals surface area contributed by atoms with Gasteiger partial charge in [-0.25, -0.2) is 12.8 Å². The van der Waals surface area contributed by atoms with Crippen LogP contribution in [-0.4, -0.2) is 81.9 Å². The van der Waals surface area contributed by atoms with Crippen LogP contribution in [-0.2, 0) is 9.84 Å². The highest BCUT2D eigenvalue weighted by Crippen LogP contribution is 2.25. The summed E-state index contributed by atoms with van der Waals surface area (Å²) in [6.07, 6.45) is -4.27. The van der Waals surface area contributed by atoms with Crippen molar-refractivity contribution in [1.82, 2.24) is 15.1 Å². The highest BCUT2D eigenvalue weighted by molar-refractivity contribution is 7.91. The van der Waals surface area contributed by atoms with E-state index >= 15 is 0 Å². The second kappa shape index (κ2) is 9.08. The minimum Gasteiger partial charge on any atom is -0.355 e. The Morgan fingerprint density at radius 1 is 1.21 bits per heavy atom. The third-order valence-electron chi connectivity index (χ3n) is 4.67. The van der Waals surface area contributed by atoms with E-state index in [0.29, 0.717) is 19.0 Å². The number of halogens is 4. The van der Waals surface area contributed by atoms with Crippen molar-refractivity contribution in [3.63, 3.8) is 0 Å². The maximum Gasteiger partial charge on any atom is 0.403 e. The molecule has 0 amide bonds. The van der Waals surface area contributed by atoms with Crippen LogP contribution < -0.4 is 5.32 Å². The van der Waals surface area contributed by atoms with E-state index in [1.54, 1.807) is 4.90 Å². The molecule has 28 heavy (non-hydrogen) atoms. The first-order valence-corrected chi connectivity index (χ1v) is 10.4. The summed E-state index contributed by atoms with van der Waals surface area (Å²) in [7, 11) is -2.29. The van der Waals surface area contributed by atoms with Crippen LogP contribution in [0, 0.1) is 5.82 Å². The van der Waals surface area contributed by atoms with Crippen molar-refractivity contribution < 1.29 is 26.0 Å². The molecule has 0 aliphatic carbocycles. The number of sulfone groups is 1. The van der Waals surface area contributed by atoms with E-state index in [1.807, 2.05) is 0 Å². The molecule has 2 rings (SSSR count). The molecule has 158 valence electrons. The Labute approximate surface area is 162 Å². The van der Waals surface area contributed by atoms with E-state index in [0.717, 1.165) is 13.0 Å². The van der Waals surface area contributed by atoms with Crippen LogP contribution in [0.3, 0.4) is 0 Å². The molecule has 1 heterocycles. The lowest BCUT2D eigenvalue weighted by molar-refractivity contribution is -0.181. The fraction of sp³-hybridized carbons (Fsp3) is 0.588. The molecule has 1 fully saturated rings. The minimum atomic E-state index is -4.27. The number of aliphatic imine (C=N–C) groups is 1. The fourth-order valence-electron chi connectivity index (χ4n) is 2.96. The number of piperazine rings is 1. The maximum absolute atomic E-state index is 13.7. The molecule has 11 heteroatoms. The number of hydrogen-bond acceptors (Lipinski definition) is 4. The first-order chi connectivity index (χ1) is 13.1. The van der Waals surface area contributed by atoms with Gasteiger partial charge in [-0.1, -0.05) is 12.1 Å². The first kappa shape index (κ1) is 22.4. The number of nitrogens with one attached hydrogen (secondary N) is 1. The quantitative estimate of drug-likeness (QED) is 0.443. The van der Waals surface area contributed by atoms with E-state index in [1.165, 1.54) is 30.1 Å². The summed E-state index contributed by atoms with van der Waals surface area (Å²) in [5.74, 6) is -0.734. The highest BCUT2D eigenvalue weighted by Gasteiger charge is 2.41. The molecule has 1 aromatic carbocycles. The maximum atomic E-state index is 13.7. The molecule has 1 N–H and O–H groups in total. The Balaban J connectivity index is 1.88. The average molecular weight is 424 g/mol. The Morgan fingerprint density at radius 3 is 2.36 bits per heavy atom. The SMILES string of the molecule is CN=C(NCCS(=O)(=O)c1ccccc1F)N1CCN(C(C)C(F)(F)F)CC1. The van der Waals surface area contributed by atoms with Gasteiger partial charge in [-0.15, -0.1) is 0 Å². The molecule has 0 spiro atoms. The van der Waals surface area contributed by atoms with E-state index in [4.69, 9.17) is 0 Å². The lowest BCUT2D eigenvalue weighted by Crippen LogP contribution is -2.57. The van der Waals surface area contributed by atoms with Crippen LogP contribution in [0.4, 0.5) is 17.6 Å². The largest absolute Gasteiger partial charge is 0.403 e. The second-order valence-electron chi connectivity index (χ2n) is 6.46. The van der Waals surface area contributed by atoms with Crippen molar-refractivity contribution in [3.8, 4) is 0 Å². The zero-order valence-electron chi connectivity index (χ0n) is 15.7. The standard InChI is InChI=1S/C17H24F4N4O2S/c1-13(17(19,20)21)24-8-10-25(11-9-24)16(22-2)23-7-12-28(26,27)15-6-4-3-5-14(15)18/h3-6,13H,7-12H2,1-2H3,(H,22,23). The highest BCUT2D eigenvalue weighted by atomic mass is 32.2. The zero-order valence-corrected chi connectivity index (χ0v) is 16.5. The number of hydrogen-bond donors (Lipinski definition) is 1. The summed E-state index contributed by atoms with van der Waals surface area (Å²) in [5.41, 5.74) is 0. The summed E-state index contributed by atoms with van der Waals surface area (Å²) >= 11 is 0. The third-order valence-corrected chi connectivity index (χ3v) is 6.42. The molecule has 6 nitrogen and oxygen atoms in total. The lowest BCUT2D eigenvalue weighted by Gasteiger charge is -2.39. The van der Waals surface area contributed by atoms with Crippen molar-refractivity contribution in [2.75, 3.05) is 45.5 Å². The van der Waals surface area contributed by atoms with Crippen molar-refractivity contribution >= 4 is 15.8 Å². The number of benzene rings is 1. The van der Waals surface area contributed by atoms with E-state index < -0.39 is 27.9 Å². The predicted molar refractivity (Wildman–Crippen MR) is 98.5 cm³/mol. The molecule has 1 saturated heterocycles. The van der Waals surface area contributed by atoms with Gasteiger partial charge in [-0.3, -0.25) is 9.89 Å². The van der Waals surface area contributed by atoms with Gasteiger partial charge in [0.1, 0.15) is 16.8 Å². The summed E-state index contributed by atoms with van der Waals surface area (Å²) < 4.78 is 76.7. The zero-order chi connectivity index (χ0) is 20.9. The van der Waals surface area contributed by atoms with Gasteiger partial charge in [0.05, 0.1) is 5.75 Å². The van der Waals surface area contributed by atoms with Crippen LogP contribution >= 0.6 is 0 Å². The molecule has 1 unspecified atom stereocenters. The first-order valence-electron chi connectivity index (χ1n) is 8.80. The van der Waals surface area contributed by atoms with E-state index in [9.17, 15) is 26.0 Å². The fourth-order valence-corrected chi connectivity index (χ4v) is 4.21. The van der Waals surface area contributed by atoms with E-state index in [-0.39, 0.29) is 30.3 Å². The van der Waals surface area contributed by atoms with Crippen LogP contribution in [0.15, 0.2) is 34.2 Å². The van der Waals surface area contributed by atoms with Gasteiger partial charge >= 0.3 is 6.18 Å². The monoisotopic (exact) mass is 424 g/mol. The summed E-state index contributed by atoms with van der Waals surface area (Å²) in [4.78, 5) is 6.83. The Bertz CT molecular complexity index is 791. The summed E-state index contributed by atoms with van der Waals surface area (Å²) in [5, 5.41) is 2.89. The Morgan fingerprint density at radius 2 is 1.82 bits per heavy atom. The molecule has 0 radical (unpaired) electrons. The van der Waals surface area contributed by atoms with Gasteiger partial charge in [-0.05, 0) is 19.1 Å². The van der Waals surface area contributed by atoms with Crippen molar-refractivity contribution in [3.05, 3.63) is 30.1 Å². The minimum absolute atomic E-state index is 0.00249. The van der Waals surface area contributed by atoms with Gasteiger partial charge in [-0.2, -0.15) is 13.2 Å². The molecule has 1 aliphatic rings. The number of nitrogens with zero attached hydrogens (tertiary/aromatic N) is 3. The molecule has 0 bridgehead atoms. The number of guanidine groups is 1. The topological polar surface area (TPSA) is 65.0 Å². The van der Waals surface area contributed by atoms with Crippen LogP contribution in [0.5, 0.6) is 0 Å². The van der Waals surface area contributed by atoms with Gasteiger partial charge in [0.25, 0.3) is 0 Å². The van der Waals surface area contributed by atoms with Crippen LogP contribution in [0.2, 0.25) is 0 Å². The predicted octanol–water partition coefficient (Wildman–Crippen LogP) is 1.74. The van der Waals surface area contributed by atoms with Crippen molar-refractivity contribution in [2.45, 2.75) is 24.0 Å². The normalized spacial score (nSPS) is 18.2. The second-order valence-corrected chi connectivity index (χ2v) is 8.54. The lowest BCUT2D eigenvalue weighted by atomic mass is 10.2. The molecule has 0 saturated carbocycles. The average Bonchev–Trinajstić information content (AvgIpc) is 2.64. The van der Waals surface area contributed by atoms with Gasteiger partial charge < -0.3 is 10.2 Å². The molecule has 1 atom stereocenters. The van der Waals surface area contributed by atoms with Gasteiger partial charge in [0, 0.05) is 39.8 Å². The molecular formula is C17H24F4N4O2S. The number of rotatable bonds is 5. The smallest absolute Gasteiger partial charge is 0.355 e. The molecule has 0 aromatic heterocycles. The van der Waals surface area contributed by atoms with Gasteiger partial charge in [0.15, 0.2) is 15.8 Å². The summed E-state index contributed by atoms with van der Waals surface area (Å²) in [6, 6.07) is 3.63. The summed E-state index contributed by atoms with van der Waals surface area (Å²) in [6.45, 7) is 2.24. The molecular weight excluding hydrogens is 400 g/mol. The Hall–Kier alpha value is -1.88. The van der Waals surface area contributed by atoms with Gasteiger partial charge in [0.2, 0.25) is 0 Å².